The fourth-order valence-electron chi connectivity index (χ4n) is 1.88. The highest BCUT2D eigenvalue weighted by Gasteiger charge is 2.18. The van der Waals surface area contributed by atoms with E-state index in [0.717, 1.165) is 5.56 Å². The molecule has 0 aliphatic carbocycles. The van der Waals surface area contributed by atoms with E-state index in [9.17, 15) is 9.59 Å². The molecule has 126 valence electrons. The predicted molar refractivity (Wildman–Crippen MR) is 89.1 cm³/mol. The van der Waals surface area contributed by atoms with Gasteiger partial charge in [0.2, 0.25) is 0 Å². The van der Waals surface area contributed by atoms with Gasteiger partial charge in [-0.05, 0) is 39.7 Å². The lowest BCUT2D eigenvalue weighted by Gasteiger charge is -2.22. The van der Waals surface area contributed by atoms with Crippen molar-refractivity contribution in [1.29, 1.82) is 0 Å². The van der Waals surface area contributed by atoms with Gasteiger partial charge in [-0.25, -0.2) is 9.59 Å². The van der Waals surface area contributed by atoms with Crippen LogP contribution in [0.5, 0.6) is 0 Å². The minimum Gasteiger partial charge on any atom is -0.463 e. The van der Waals surface area contributed by atoms with Crippen LogP contribution in [0.3, 0.4) is 0 Å². The molecule has 0 aliphatic rings. The van der Waals surface area contributed by atoms with Crippen LogP contribution < -0.4 is 5.32 Å². The molecule has 0 spiro atoms. The number of rotatable bonds is 6. The maximum atomic E-state index is 11.9. The highest BCUT2D eigenvalue weighted by atomic mass is 16.6. The van der Waals surface area contributed by atoms with Crippen molar-refractivity contribution < 1.29 is 19.1 Å². The first-order chi connectivity index (χ1) is 10.8. The molecule has 0 aromatic heterocycles. The molecule has 5 nitrogen and oxygen atoms in total. The van der Waals surface area contributed by atoms with Crippen LogP contribution in [-0.2, 0) is 20.7 Å². The minimum absolute atomic E-state index is 0.312. The number of alkyl carbamates (subject to hydrolysis) is 1. The Labute approximate surface area is 137 Å². The standard InChI is InChI=1S/C18H25NO4/c1-5-22-16(20)12-11-15(13-14-9-7-6-8-10-14)19-17(21)23-18(2,3)4/h6-12,15H,5,13H2,1-4H3,(H,19,21)/b12-11+. The van der Waals surface area contributed by atoms with Crippen molar-refractivity contribution in [1.82, 2.24) is 5.32 Å². The van der Waals surface area contributed by atoms with Gasteiger partial charge < -0.3 is 14.8 Å². The Morgan fingerprint density at radius 2 is 1.87 bits per heavy atom. The van der Waals surface area contributed by atoms with Crippen molar-refractivity contribution >= 4 is 12.1 Å². The van der Waals surface area contributed by atoms with Crippen LogP contribution >= 0.6 is 0 Å². The lowest BCUT2D eigenvalue weighted by molar-refractivity contribution is -0.137. The van der Waals surface area contributed by atoms with E-state index in [0.29, 0.717) is 13.0 Å². The Balaban J connectivity index is 2.75. The van der Waals surface area contributed by atoms with Crippen molar-refractivity contribution in [3.05, 3.63) is 48.0 Å². The van der Waals surface area contributed by atoms with Crippen LogP contribution in [0.1, 0.15) is 33.3 Å². The van der Waals surface area contributed by atoms with Gasteiger partial charge >= 0.3 is 12.1 Å². The summed E-state index contributed by atoms with van der Waals surface area (Å²) in [5.74, 6) is -0.434. The SMILES string of the molecule is CCOC(=O)/C=C/C(Cc1ccccc1)NC(=O)OC(C)(C)C. The van der Waals surface area contributed by atoms with Gasteiger partial charge in [0, 0.05) is 6.08 Å². The van der Waals surface area contributed by atoms with Gasteiger partial charge in [0.25, 0.3) is 0 Å². The van der Waals surface area contributed by atoms with E-state index in [1.165, 1.54) is 6.08 Å². The van der Waals surface area contributed by atoms with E-state index < -0.39 is 17.7 Å². The Morgan fingerprint density at radius 3 is 2.43 bits per heavy atom. The van der Waals surface area contributed by atoms with Gasteiger partial charge in [-0.2, -0.15) is 0 Å². The predicted octanol–water partition coefficient (Wildman–Crippen LogP) is 3.24. The zero-order chi connectivity index (χ0) is 17.3. The second-order valence-electron chi connectivity index (χ2n) is 6.05. The van der Waals surface area contributed by atoms with Crippen LogP contribution in [0.15, 0.2) is 42.5 Å². The fraction of sp³-hybridized carbons (Fsp3) is 0.444. The average molecular weight is 319 g/mol. The Kier molecular flexibility index (Phi) is 7.32. The summed E-state index contributed by atoms with van der Waals surface area (Å²) in [6.07, 6.45) is 2.98. The Hall–Kier alpha value is -2.30. The molecule has 1 aromatic carbocycles. The summed E-state index contributed by atoms with van der Waals surface area (Å²) in [5.41, 5.74) is 0.466. The number of nitrogens with one attached hydrogen (secondary N) is 1. The molecule has 0 fully saturated rings. The molecule has 1 N–H and O–H groups in total. The highest BCUT2D eigenvalue weighted by molar-refractivity contribution is 5.82. The molecule has 1 rings (SSSR count). The van der Waals surface area contributed by atoms with Crippen molar-refractivity contribution in [2.75, 3.05) is 6.61 Å². The lowest BCUT2D eigenvalue weighted by Crippen LogP contribution is -2.39. The summed E-state index contributed by atoms with van der Waals surface area (Å²) in [7, 11) is 0. The molecule has 0 saturated carbocycles. The molecule has 0 saturated heterocycles. The van der Waals surface area contributed by atoms with E-state index in [1.54, 1.807) is 33.8 Å². The summed E-state index contributed by atoms with van der Waals surface area (Å²) in [6, 6.07) is 9.33. The molecule has 5 heteroatoms. The summed E-state index contributed by atoms with van der Waals surface area (Å²) in [4.78, 5) is 23.4. The maximum absolute atomic E-state index is 11.9. The van der Waals surface area contributed by atoms with Gasteiger partial charge in [-0.3, -0.25) is 0 Å². The van der Waals surface area contributed by atoms with Gasteiger partial charge in [0.05, 0.1) is 12.6 Å². The fourth-order valence-corrected chi connectivity index (χ4v) is 1.88. The van der Waals surface area contributed by atoms with Crippen molar-refractivity contribution in [3.63, 3.8) is 0 Å². The summed E-state index contributed by atoms with van der Waals surface area (Å²) < 4.78 is 10.1. The monoisotopic (exact) mass is 319 g/mol. The van der Waals surface area contributed by atoms with Crippen LogP contribution in [-0.4, -0.2) is 30.3 Å². The molecule has 1 amide bonds. The van der Waals surface area contributed by atoms with E-state index in [-0.39, 0.29) is 6.04 Å². The zero-order valence-corrected chi connectivity index (χ0v) is 14.2. The topological polar surface area (TPSA) is 64.6 Å². The third-order valence-corrected chi connectivity index (χ3v) is 2.75. The number of benzene rings is 1. The molecular weight excluding hydrogens is 294 g/mol. The first kappa shape index (κ1) is 18.7. The van der Waals surface area contributed by atoms with Crippen molar-refractivity contribution in [2.45, 2.75) is 45.8 Å². The summed E-state index contributed by atoms with van der Waals surface area (Å²) in [6.45, 7) is 7.45. The van der Waals surface area contributed by atoms with Crippen LogP contribution in [0.4, 0.5) is 4.79 Å². The first-order valence-corrected chi connectivity index (χ1v) is 7.68. The number of carbonyl (C=O) groups excluding carboxylic acids is 2. The van der Waals surface area contributed by atoms with Crippen LogP contribution in [0.25, 0.3) is 0 Å². The normalized spacial score (nSPS) is 12.7. The number of esters is 1. The number of carbonyl (C=O) groups is 2. The molecule has 1 atom stereocenters. The van der Waals surface area contributed by atoms with Gasteiger partial charge in [-0.1, -0.05) is 36.4 Å². The molecule has 1 unspecified atom stereocenters. The molecule has 1 aromatic rings. The zero-order valence-electron chi connectivity index (χ0n) is 14.2. The average Bonchev–Trinajstić information content (AvgIpc) is 2.44. The number of hydrogen-bond donors (Lipinski definition) is 1. The van der Waals surface area contributed by atoms with E-state index in [2.05, 4.69) is 5.32 Å². The van der Waals surface area contributed by atoms with E-state index in [4.69, 9.17) is 9.47 Å². The smallest absolute Gasteiger partial charge is 0.408 e. The molecule has 0 heterocycles. The number of hydrogen-bond acceptors (Lipinski definition) is 4. The second kappa shape index (κ2) is 8.98. The molecule has 0 aliphatic heterocycles. The maximum Gasteiger partial charge on any atom is 0.408 e. The van der Waals surface area contributed by atoms with Gasteiger partial charge in [0.1, 0.15) is 5.60 Å². The molecular formula is C18H25NO4. The number of ether oxygens (including phenoxy) is 2. The number of amides is 1. The van der Waals surface area contributed by atoms with Crippen molar-refractivity contribution in [2.24, 2.45) is 0 Å². The highest BCUT2D eigenvalue weighted by Crippen LogP contribution is 2.09. The summed E-state index contributed by atoms with van der Waals surface area (Å²) in [5, 5.41) is 2.76. The van der Waals surface area contributed by atoms with E-state index in [1.807, 2.05) is 30.3 Å². The largest absolute Gasteiger partial charge is 0.463 e. The molecule has 23 heavy (non-hydrogen) atoms. The lowest BCUT2D eigenvalue weighted by atomic mass is 10.1. The van der Waals surface area contributed by atoms with Gasteiger partial charge in [0.15, 0.2) is 0 Å². The molecule has 0 radical (unpaired) electrons. The third kappa shape index (κ3) is 8.66. The van der Waals surface area contributed by atoms with Crippen LogP contribution in [0, 0.1) is 0 Å². The van der Waals surface area contributed by atoms with Crippen LogP contribution in [0.2, 0.25) is 0 Å². The Morgan fingerprint density at radius 1 is 1.22 bits per heavy atom. The summed E-state index contributed by atoms with van der Waals surface area (Å²) >= 11 is 0. The second-order valence-corrected chi connectivity index (χ2v) is 6.05. The first-order valence-electron chi connectivity index (χ1n) is 7.68. The minimum atomic E-state index is -0.577. The third-order valence-electron chi connectivity index (χ3n) is 2.75. The molecule has 0 bridgehead atoms. The Bertz CT molecular complexity index is 532. The van der Waals surface area contributed by atoms with E-state index >= 15 is 0 Å². The van der Waals surface area contributed by atoms with Crippen molar-refractivity contribution in [3.8, 4) is 0 Å². The van der Waals surface area contributed by atoms with Gasteiger partial charge in [-0.15, -0.1) is 0 Å². The quantitative estimate of drug-likeness (QED) is 0.646.